The number of carbonyl (C=O) groups is 1. The van der Waals surface area contributed by atoms with Crippen LogP contribution in [0.3, 0.4) is 0 Å². The maximum Gasteiger partial charge on any atom is 0.157 e. The third kappa shape index (κ3) is 2.99. The van der Waals surface area contributed by atoms with Crippen LogP contribution in [0.1, 0.15) is 44.1 Å². The molecule has 1 heterocycles. The molecule has 4 heteroatoms. The maximum absolute atomic E-state index is 13.0. The Bertz CT molecular complexity index is 532. The molecule has 2 aliphatic rings. The van der Waals surface area contributed by atoms with Crippen LogP contribution in [0, 0.1) is 0 Å². The molecule has 114 valence electrons. The van der Waals surface area contributed by atoms with Crippen LogP contribution in [0.15, 0.2) is 18.2 Å². The zero-order valence-electron chi connectivity index (χ0n) is 12.2. The molecule has 0 spiro atoms. The Morgan fingerprint density at radius 3 is 2.33 bits per heavy atom. The average molecular weight is 326 g/mol. The van der Waals surface area contributed by atoms with Crippen LogP contribution in [0.2, 0.25) is 10.0 Å². The normalized spacial score (nSPS) is 21.8. The molecule has 1 aliphatic carbocycles. The first-order valence-electron chi connectivity index (χ1n) is 7.84. The van der Waals surface area contributed by atoms with Gasteiger partial charge in [-0.2, -0.15) is 0 Å². The molecular weight excluding hydrogens is 305 g/mol. The van der Waals surface area contributed by atoms with Crippen molar-refractivity contribution >= 4 is 29.0 Å². The first kappa shape index (κ1) is 15.3. The highest BCUT2D eigenvalue weighted by molar-refractivity contribution is 6.42. The number of carbonyl (C=O) groups excluding carboxylic acids is 1. The van der Waals surface area contributed by atoms with Gasteiger partial charge in [-0.25, -0.2) is 0 Å². The quantitative estimate of drug-likeness (QED) is 0.811. The van der Waals surface area contributed by atoms with Gasteiger partial charge >= 0.3 is 0 Å². The number of Topliss-reactive ketones (excluding diaryl/α,β-unsaturated/α-hetero) is 1. The molecule has 2 fully saturated rings. The molecule has 21 heavy (non-hydrogen) atoms. The summed E-state index contributed by atoms with van der Waals surface area (Å²) in [7, 11) is 0. The molecule has 0 radical (unpaired) electrons. The molecule has 2 nitrogen and oxygen atoms in total. The maximum atomic E-state index is 13.0. The second-order valence-electron chi connectivity index (χ2n) is 6.28. The van der Waals surface area contributed by atoms with Gasteiger partial charge in [0.15, 0.2) is 5.78 Å². The van der Waals surface area contributed by atoms with Crippen molar-refractivity contribution < 1.29 is 4.79 Å². The number of likely N-dealkylation sites (tertiary alicyclic amines) is 1. The predicted molar refractivity (Wildman–Crippen MR) is 87.2 cm³/mol. The molecule has 0 atom stereocenters. The van der Waals surface area contributed by atoms with Crippen molar-refractivity contribution in [1.29, 1.82) is 0 Å². The summed E-state index contributed by atoms with van der Waals surface area (Å²) in [5.74, 6) is 0.361. The van der Waals surface area contributed by atoms with Crippen molar-refractivity contribution in [2.75, 3.05) is 13.1 Å². The van der Waals surface area contributed by atoms with Crippen LogP contribution in [0.5, 0.6) is 0 Å². The fourth-order valence-electron chi connectivity index (χ4n) is 3.88. The van der Waals surface area contributed by atoms with Crippen LogP contribution in [0.4, 0.5) is 0 Å². The summed E-state index contributed by atoms with van der Waals surface area (Å²) in [5.41, 5.74) is 0.766. The highest BCUT2D eigenvalue weighted by Gasteiger charge is 2.45. The van der Waals surface area contributed by atoms with E-state index in [9.17, 15) is 4.79 Å². The van der Waals surface area contributed by atoms with Crippen LogP contribution in [0.25, 0.3) is 0 Å². The summed E-state index contributed by atoms with van der Waals surface area (Å²) in [5, 5.41) is 1.08. The second-order valence-corrected chi connectivity index (χ2v) is 7.10. The largest absolute Gasteiger partial charge is 0.297 e. The van der Waals surface area contributed by atoms with Gasteiger partial charge in [-0.1, -0.05) is 42.1 Å². The van der Waals surface area contributed by atoms with Crippen LogP contribution < -0.4 is 0 Å². The van der Waals surface area contributed by atoms with Crippen molar-refractivity contribution in [1.82, 2.24) is 4.90 Å². The van der Waals surface area contributed by atoms with E-state index >= 15 is 0 Å². The number of halogens is 2. The van der Waals surface area contributed by atoms with E-state index in [0.717, 1.165) is 31.5 Å². The van der Waals surface area contributed by atoms with Gasteiger partial charge in [0.2, 0.25) is 0 Å². The molecule has 0 N–H and O–H groups in total. The Labute approximate surface area is 136 Å². The molecule has 0 amide bonds. The van der Waals surface area contributed by atoms with Crippen molar-refractivity contribution in [2.24, 2.45) is 0 Å². The Morgan fingerprint density at radius 2 is 1.71 bits per heavy atom. The fraction of sp³-hybridized carbons (Fsp3) is 0.588. The number of ketones is 1. The molecule has 0 aromatic heterocycles. The Balaban J connectivity index is 1.79. The van der Waals surface area contributed by atoms with E-state index in [0.29, 0.717) is 22.2 Å². The topological polar surface area (TPSA) is 20.3 Å². The van der Waals surface area contributed by atoms with Crippen molar-refractivity contribution in [3.8, 4) is 0 Å². The molecule has 0 unspecified atom stereocenters. The summed E-state index contributed by atoms with van der Waals surface area (Å²) in [6.07, 6.45) is 7.30. The van der Waals surface area contributed by atoms with Crippen molar-refractivity contribution in [2.45, 2.75) is 50.5 Å². The third-order valence-corrected chi connectivity index (χ3v) is 5.75. The van der Waals surface area contributed by atoms with Crippen molar-refractivity contribution in [3.05, 3.63) is 33.8 Å². The lowest BCUT2D eigenvalue weighted by molar-refractivity contribution is -0.129. The Morgan fingerprint density at radius 1 is 1.05 bits per heavy atom. The highest BCUT2D eigenvalue weighted by Crippen LogP contribution is 2.39. The van der Waals surface area contributed by atoms with Gasteiger partial charge < -0.3 is 0 Å². The first-order valence-corrected chi connectivity index (χ1v) is 8.60. The van der Waals surface area contributed by atoms with Crippen molar-refractivity contribution in [3.63, 3.8) is 0 Å². The number of hydrogen-bond acceptors (Lipinski definition) is 2. The standard InChI is InChI=1S/C17H21Cl2NO/c18-14-6-5-13(11-15(14)19)12-16(21)17(7-1-2-8-17)20-9-3-4-10-20/h5-6,11H,1-4,7-10,12H2. The number of rotatable bonds is 4. The van der Waals surface area contributed by atoms with E-state index in [1.807, 2.05) is 12.1 Å². The van der Waals surface area contributed by atoms with E-state index in [-0.39, 0.29) is 5.54 Å². The third-order valence-electron chi connectivity index (χ3n) is 5.01. The molecule has 1 saturated carbocycles. The van der Waals surface area contributed by atoms with Gasteiger partial charge in [-0.3, -0.25) is 9.69 Å². The van der Waals surface area contributed by atoms with E-state index in [2.05, 4.69) is 4.90 Å². The molecule has 1 aromatic carbocycles. The Kier molecular flexibility index (Phi) is 4.58. The molecule has 1 aromatic rings. The zero-order chi connectivity index (χ0) is 14.9. The average Bonchev–Trinajstić information content (AvgIpc) is 3.13. The molecule has 1 aliphatic heterocycles. The molecule has 0 bridgehead atoms. The second kappa shape index (κ2) is 6.28. The van der Waals surface area contributed by atoms with Crippen LogP contribution in [-0.4, -0.2) is 29.3 Å². The van der Waals surface area contributed by atoms with E-state index < -0.39 is 0 Å². The lowest BCUT2D eigenvalue weighted by Crippen LogP contribution is -2.52. The number of nitrogens with zero attached hydrogens (tertiary/aromatic N) is 1. The minimum Gasteiger partial charge on any atom is -0.297 e. The first-order chi connectivity index (χ1) is 10.1. The minimum absolute atomic E-state index is 0.206. The van der Waals surface area contributed by atoms with Gasteiger partial charge in [0, 0.05) is 6.42 Å². The molecule has 1 saturated heterocycles. The monoisotopic (exact) mass is 325 g/mol. The SMILES string of the molecule is O=C(Cc1ccc(Cl)c(Cl)c1)C1(N2CCCC2)CCCC1. The summed E-state index contributed by atoms with van der Waals surface area (Å²) < 4.78 is 0. The van der Waals surface area contributed by atoms with Crippen LogP contribution >= 0.6 is 23.2 Å². The Hall–Kier alpha value is -0.570. The smallest absolute Gasteiger partial charge is 0.157 e. The van der Waals surface area contributed by atoms with E-state index in [1.54, 1.807) is 6.07 Å². The van der Waals surface area contributed by atoms with Gasteiger partial charge in [0.05, 0.1) is 15.6 Å². The predicted octanol–water partition coefficient (Wildman–Crippen LogP) is 4.51. The van der Waals surface area contributed by atoms with E-state index in [4.69, 9.17) is 23.2 Å². The van der Waals surface area contributed by atoms with Gasteiger partial charge in [-0.05, 0) is 56.5 Å². The zero-order valence-corrected chi connectivity index (χ0v) is 13.7. The lowest BCUT2D eigenvalue weighted by Gasteiger charge is -2.37. The van der Waals surface area contributed by atoms with Gasteiger partial charge in [-0.15, -0.1) is 0 Å². The number of hydrogen-bond donors (Lipinski definition) is 0. The summed E-state index contributed by atoms with van der Waals surface area (Å²) in [4.78, 5) is 15.4. The number of benzene rings is 1. The fourth-order valence-corrected chi connectivity index (χ4v) is 4.20. The summed E-state index contributed by atoms with van der Waals surface area (Å²) in [6, 6.07) is 5.52. The van der Waals surface area contributed by atoms with Gasteiger partial charge in [0.25, 0.3) is 0 Å². The highest BCUT2D eigenvalue weighted by atomic mass is 35.5. The molecule has 3 rings (SSSR count). The summed E-state index contributed by atoms with van der Waals surface area (Å²) in [6.45, 7) is 2.15. The van der Waals surface area contributed by atoms with E-state index in [1.165, 1.54) is 25.7 Å². The molecular formula is C17H21Cl2NO. The minimum atomic E-state index is -0.206. The lowest BCUT2D eigenvalue weighted by atomic mass is 9.86. The van der Waals surface area contributed by atoms with Crippen LogP contribution in [-0.2, 0) is 11.2 Å². The summed E-state index contributed by atoms with van der Waals surface area (Å²) >= 11 is 12.0. The van der Waals surface area contributed by atoms with Gasteiger partial charge in [0.1, 0.15) is 0 Å².